The molecule has 6 nitrogen and oxygen atoms in total. The maximum absolute atomic E-state index is 13.5. The van der Waals surface area contributed by atoms with E-state index in [2.05, 4.69) is 17.4 Å². The summed E-state index contributed by atoms with van der Waals surface area (Å²) in [6, 6.07) is 23.4. The fourth-order valence-electron chi connectivity index (χ4n) is 3.26. The van der Waals surface area contributed by atoms with Crippen molar-refractivity contribution in [1.29, 1.82) is 0 Å². The lowest BCUT2D eigenvalue weighted by Gasteiger charge is -2.24. The van der Waals surface area contributed by atoms with Crippen molar-refractivity contribution in [3.05, 3.63) is 90.0 Å². The molecular weight excluding hydrogens is 456 g/mol. The van der Waals surface area contributed by atoms with Gasteiger partial charge in [0.05, 0.1) is 17.7 Å². The van der Waals surface area contributed by atoms with Gasteiger partial charge in [-0.2, -0.15) is 11.8 Å². The zero-order chi connectivity index (χ0) is 23.7. The molecule has 0 radical (unpaired) electrons. The summed E-state index contributed by atoms with van der Waals surface area (Å²) in [5, 5.41) is 2.84. The number of hydrogen-bond donors (Lipinski definition) is 1. The summed E-state index contributed by atoms with van der Waals surface area (Å²) in [6.07, 6.45) is 0. The molecule has 0 heterocycles. The Morgan fingerprint density at radius 3 is 2.30 bits per heavy atom. The molecule has 3 aromatic carbocycles. The molecule has 8 heteroatoms. The second kappa shape index (κ2) is 11.8. The largest absolute Gasteiger partial charge is 0.496 e. The second-order valence-electron chi connectivity index (χ2n) is 7.37. The van der Waals surface area contributed by atoms with E-state index in [1.165, 1.54) is 18.7 Å². The maximum atomic E-state index is 13.5. The van der Waals surface area contributed by atoms with Crippen molar-refractivity contribution < 1.29 is 17.9 Å². The highest BCUT2D eigenvalue weighted by Gasteiger charge is 2.27. The predicted octanol–water partition coefficient (Wildman–Crippen LogP) is 4.25. The van der Waals surface area contributed by atoms with E-state index >= 15 is 0 Å². The van der Waals surface area contributed by atoms with Crippen LogP contribution in [0.4, 0.5) is 5.69 Å². The van der Waals surface area contributed by atoms with Crippen LogP contribution in [-0.4, -0.2) is 40.3 Å². The normalized spacial score (nSPS) is 11.1. The van der Waals surface area contributed by atoms with Crippen LogP contribution in [0.1, 0.15) is 11.1 Å². The Balaban J connectivity index is 1.67. The summed E-state index contributed by atoms with van der Waals surface area (Å²) in [5.74, 6) is 1.84. The Kier molecular flexibility index (Phi) is 8.79. The number of nitrogens with zero attached hydrogens (tertiary/aromatic N) is 1. The fourth-order valence-corrected chi connectivity index (χ4v) is 5.59. The Hall–Kier alpha value is -2.97. The van der Waals surface area contributed by atoms with E-state index in [1.807, 2.05) is 18.2 Å². The molecule has 0 fully saturated rings. The number of thioether (sulfide) groups is 1. The molecule has 0 bridgehead atoms. The SMILES string of the molecule is COc1ccc(S(=O)(=O)N(CC(=O)NCCSCc2ccccc2)c2ccccc2)cc1C. The van der Waals surface area contributed by atoms with Gasteiger partial charge in [0.2, 0.25) is 5.91 Å². The van der Waals surface area contributed by atoms with Gasteiger partial charge in [-0.05, 0) is 48.4 Å². The third kappa shape index (κ3) is 6.76. The van der Waals surface area contributed by atoms with Gasteiger partial charge in [-0.1, -0.05) is 48.5 Å². The summed E-state index contributed by atoms with van der Waals surface area (Å²) in [4.78, 5) is 12.8. The third-order valence-electron chi connectivity index (χ3n) is 4.97. The number of rotatable bonds is 11. The highest BCUT2D eigenvalue weighted by molar-refractivity contribution is 7.98. The highest BCUT2D eigenvalue weighted by atomic mass is 32.2. The van der Waals surface area contributed by atoms with E-state index in [0.717, 1.165) is 15.8 Å². The van der Waals surface area contributed by atoms with Crippen molar-refractivity contribution in [1.82, 2.24) is 5.32 Å². The van der Waals surface area contributed by atoms with Gasteiger partial charge in [0.1, 0.15) is 12.3 Å². The molecule has 0 aromatic heterocycles. The van der Waals surface area contributed by atoms with Crippen molar-refractivity contribution in [3.8, 4) is 5.75 Å². The van der Waals surface area contributed by atoms with Gasteiger partial charge < -0.3 is 10.1 Å². The number of carbonyl (C=O) groups excluding carboxylic acids is 1. The van der Waals surface area contributed by atoms with Crippen LogP contribution in [0, 0.1) is 6.92 Å². The topological polar surface area (TPSA) is 75.7 Å². The molecule has 0 aliphatic heterocycles. The van der Waals surface area contributed by atoms with Gasteiger partial charge in [0.15, 0.2) is 0 Å². The lowest BCUT2D eigenvalue weighted by Crippen LogP contribution is -2.41. The quantitative estimate of drug-likeness (QED) is 0.412. The first-order chi connectivity index (χ1) is 15.9. The second-order valence-corrected chi connectivity index (χ2v) is 10.3. The van der Waals surface area contributed by atoms with Gasteiger partial charge in [-0.3, -0.25) is 9.10 Å². The smallest absolute Gasteiger partial charge is 0.264 e. The van der Waals surface area contributed by atoms with Crippen molar-refractivity contribution >= 4 is 33.4 Å². The summed E-state index contributed by atoms with van der Waals surface area (Å²) in [6.45, 7) is 1.94. The molecule has 3 rings (SSSR count). The lowest BCUT2D eigenvalue weighted by molar-refractivity contribution is -0.119. The first-order valence-corrected chi connectivity index (χ1v) is 13.1. The lowest BCUT2D eigenvalue weighted by atomic mass is 10.2. The molecule has 1 N–H and O–H groups in total. The summed E-state index contributed by atoms with van der Waals surface area (Å²) in [5.41, 5.74) is 2.36. The van der Waals surface area contributed by atoms with Crippen LogP contribution in [0.25, 0.3) is 0 Å². The number of sulfonamides is 1. The third-order valence-corrected chi connectivity index (χ3v) is 7.77. The zero-order valence-corrected chi connectivity index (χ0v) is 20.4. The predicted molar refractivity (Wildman–Crippen MR) is 134 cm³/mol. The Morgan fingerprint density at radius 1 is 1.00 bits per heavy atom. The molecule has 174 valence electrons. The van der Waals surface area contributed by atoms with Crippen molar-refractivity contribution in [2.24, 2.45) is 0 Å². The molecule has 0 aliphatic carbocycles. The van der Waals surface area contributed by atoms with Gasteiger partial charge >= 0.3 is 0 Å². The monoisotopic (exact) mass is 484 g/mol. The zero-order valence-electron chi connectivity index (χ0n) is 18.7. The Labute approximate surface area is 200 Å². The Morgan fingerprint density at radius 2 is 1.67 bits per heavy atom. The van der Waals surface area contributed by atoms with Crippen LogP contribution in [0.5, 0.6) is 5.75 Å². The van der Waals surface area contributed by atoms with Crippen LogP contribution >= 0.6 is 11.8 Å². The average molecular weight is 485 g/mol. The van der Waals surface area contributed by atoms with Crippen LogP contribution < -0.4 is 14.4 Å². The van der Waals surface area contributed by atoms with Crippen LogP contribution in [0.15, 0.2) is 83.8 Å². The van der Waals surface area contributed by atoms with Crippen LogP contribution in [0.3, 0.4) is 0 Å². The number of anilines is 1. The number of amides is 1. The molecule has 0 saturated heterocycles. The molecule has 1 amide bonds. The van der Waals surface area contributed by atoms with Gasteiger partial charge in [0, 0.05) is 18.1 Å². The summed E-state index contributed by atoms with van der Waals surface area (Å²) < 4.78 is 33.3. The van der Waals surface area contributed by atoms with Gasteiger partial charge in [-0.15, -0.1) is 0 Å². The highest BCUT2D eigenvalue weighted by Crippen LogP contribution is 2.27. The minimum atomic E-state index is -3.96. The number of aryl methyl sites for hydroxylation is 1. The molecule has 0 saturated carbocycles. The number of hydrogen-bond acceptors (Lipinski definition) is 5. The first kappa shape index (κ1) is 24.7. The first-order valence-electron chi connectivity index (χ1n) is 10.5. The fraction of sp³-hybridized carbons (Fsp3) is 0.240. The average Bonchev–Trinajstić information content (AvgIpc) is 2.83. The summed E-state index contributed by atoms with van der Waals surface area (Å²) in [7, 11) is -2.42. The molecule has 0 unspecified atom stereocenters. The van der Waals surface area contributed by atoms with Crippen LogP contribution in [0.2, 0.25) is 0 Å². The van der Waals surface area contributed by atoms with Crippen molar-refractivity contribution in [2.45, 2.75) is 17.6 Å². The number of benzene rings is 3. The van der Waals surface area contributed by atoms with E-state index in [4.69, 9.17) is 4.74 Å². The van der Waals surface area contributed by atoms with Crippen LogP contribution in [-0.2, 0) is 20.6 Å². The molecule has 3 aromatic rings. The van der Waals surface area contributed by atoms with E-state index in [0.29, 0.717) is 23.5 Å². The van der Waals surface area contributed by atoms with E-state index in [9.17, 15) is 13.2 Å². The van der Waals surface area contributed by atoms with Gasteiger partial charge in [0.25, 0.3) is 10.0 Å². The minimum absolute atomic E-state index is 0.107. The standard InChI is InChI=1S/C25H28N2O4S2/c1-20-17-23(13-14-24(20)31-2)33(29,30)27(22-11-7-4-8-12-22)18-25(28)26-15-16-32-19-21-9-5-3-6-10-21/h3-14,17H,15-16,18-19H2,1-2H3,(H,26,28). The number of carbonyl (C=O) groups is 1. The minimum Gasteiger partial charge on any atom is -0.496 e. The molecule has 0 atom stereocenters. The molecular formula is C25H28N2O4S2. The number of para-hydroxylation sites is 1. The molecule has 0 spiro atoms. The number of nitrogens with one attached hydrogen (secondary N) is 1. The van der Waals surface area contributed by atoms with E-state index in [-0.39, 0.29) is 17.3 Å². The van der Waals surface area contributed by atoms with Gasteiger partial charge in [-0.25, -0.2) is 8.42 Å². The number of methoxy groups -OCH3 is 1. The number of ether oxygens (including phenoxy) is 1. The Bertz CT molecular complexity index is 1150. The summed E-state index contributed by atoms with van der Waals surface area (Å²) >= 11 is 1.71. The van der Waals surface area contributed by atoms with E-state index in [1.54, 1.807) is 61.2 Å². The molecule has 33 heavy (non-hydrogen) atoms. The maximum Gasteiger partial charge on any atom is 0.264 e. The van der Waals surface area contributed by atoms with Crippen molar-refractivity contribution in [2.75, 3.05) is 30.3 Å². The molecule has 0 aliphatic rings. The van der Waals surface area contributed by atoms with Crippen molar-refractivity contribution in [3.63, 3.8) is 0 Å². The van der Waals surface area contributed by atoms with E-state index < -0.39 is 10.0 Å².